The molecule has 0 bridgehead atoms. The molecular formula is C18H18N2O4. The average Bonchev–Trinajstić information content (AvgIpc) is 3.08. The highest BCUT2D eigenvalue weighted by molar-refractivity contribution is 5.95. The van der Waals surface area contributed by atoms with Crippen LogP contribution in [-0.4, -0.2) is 25.5 Å². The smallest absolute Gasteiger partial charge is 0.271 e. The first-order chi connectivity index (χ1) is 11.8. The number of hydrazone groups is 1. The summed E-state index contributed by atoms with van der Waals surface area (Å²) < 4.78 is 16.0. The largest absolute Gasteiger partial charge is 0.494 e. The summed E-state index contributed by atoms with van der Waals surface area (Å²) in [4.78, 5) is 12.1. The van der Waals surface area contributed by atoms with E-state index in [0.29, 0.717) is 23.7 Å². The zero-order chi connectivity index (χ0) is 16.8. The van der Waals surface area contributed by atoms with Gasteiger partial charge in [0.25, 0.3) is 5.91 Å². The Kier molecular flexibility index (Phi) is 4.96. The highest BCUT2D eigenvalue weighted by Gasteiger charge is 2.15. The SMILES string of the molecule is CCCOc1ccc(C=NNC(=O)c2ccc3c(c2)OCO3)cc1. The number of carbonyl (C=O) groups excluding carboxylic acids is 1. The van der Waals surface area contributed by atoms with Crippen LogP contribution >= 0.6 is 0 Å². The van der Waals surface area contributed by atoms with Gasteiger partial charge in [0.2, 0.25) is 6.79 Å². The van der Waals surface area contributed by atoms with Gasteiger partial charge >= 0.3 is 0 Å². The van der Waals surface area contributed by atoms with Crippen molar-refractivity contribution >= 4 is 12.1 Å². The quantitative estimate of drug-likeness (QED) is 0.654. The van der Waals surface area contributed by atoms with E-state index in [4.69, 9.17) is 14.2 Å². The van der Waals surface area contributed by atoms with Crippen molar-refractivity contribution < 1.29 is 19.0 Å². The lowest BCUT2D eigenvalue weighted by Crippen LogP contribution is -2.17. The second-order valence-electron chi connectivity index (χ2n) is 5.18. The van der Waals surface area contributed by atoms with Crippen molar-refractivity contribution in [3.63, 3.8) is 0 Å². The van der Waals surface area contributed by atoms with Crippen molar-refractivity contribution in [3.05, 3.63) is 53.6 Å². The van der Waals surface area contributed by atoms with Crippen molar-refractivity contribution in [2.75, 3.05) is 13.4 Å². The van der Waals surface area contributed by atoms with Crippen LogP contribution in [0.2, 0.25) is 0 Å². The minimum atomic E-state index is -0.313. The molecule has 0 radical (unpaired) electrons. The zero-order valence-corrected chi connectivity index (χ0v) is 13.3. The van der Waals surface area contributed by atoms with Crippen LogP contribution in [0.3, 0.4) is 0 Å². The first-order valence-electron chi connectivity index (χ1n) is 7.72. The fourth-order valence-electron chi connectivity index (χ4n) is 2.14. The van der Waals surface area contributed by atoms with E-state index in [1.165, 1.54) is 0 Å². The van der Waals surface area contributed by atoms with Gasteiger partial charge in [-0.2, -0.15) is 5.10 Å². The number of benzene rings is 2. The van der Waals surface area contributed by atoms with Gasteiger partial charge in [-0.15, -0.1) is 0 Å². The molecule has 0 saturated heterocycles. The molecule has 6 heteroatoms. The van der Waals surface area contributed by atoms with Crippen molar-refractivity contribution in [1.82, 2.24) is 5.43 Å². The van der Waals surface area contributed by atoms with Crippen LogP contribution < -0.4 is 19.6 Å². The maximum Gasteiger partial charge on any atom is 0.271 e. The molecule has 0 unspecified atom stereocenters. The number of carbonyl (C=O) groups is 1. The number of ether oxygens (including phenoxy) is 3. The molecule has 0 atom stereocenters. The predicted octanol–water partition coefficient (Wildman–Crippen LogP) is 2.97. The number of fused-ring (bicyclic) bond motifs is 1. The topological polar surface area (TPSA) is 69.2 Å². The second-order valence-corrected chi connectivity index (χ2v) is 5.18. The zero-order valence-electron chi connectivity index (χ0n) is 13.3. The van der Waals surface area contributed by atoms with Gasteiger partial charge in [-0.3, -0.25) is 4.79 Å². The third kappa shape index (κ3) is 3.84. The number of nitrogens with one attached hydrogen (secondary N) is 1. The molecule has 1 heterocycles. The van der Waals surface area contributed by atoms with Crippen molar-refractivity contribution in [2.45, 2.75) is 13.3 Å². The third-order valence-electron chi connectivity index (χ3n) is 3.37. The summed E-state index contributed by atoms with van der Waals surface area (Å²) in [6.07, 6.45) is 2.55. The van der Waals surface area contributed by atoms with Crippen molar-refractivity contribution in [2.24, 2.45) is 5.10 Å². The summed E-state index contributed by atoms with van der Waals surface area (Å²) in [6.45, 7) is 2.93. The van der Waals surface area contributed by atoms with Gasteiger partial charge in [0.15, 0.2) is 11.5 Å². The van der Waals surface area contributed by atoms with Gasteiger partial charge in [-0.25, -0.2) is 5.43 Å². The Bertz CT molecular complexity index is 741. The van der Waals surface area contributed by atoms with Crippen molar-refractivity contribution in [3.8, 4) is 17.2 Å². The lowest BCUT2D eigenvalue weighted by atomic mass is 10.2. The van der Waals surface area contributed by atoms with Gasteiger partial charge < -0.3 is 14.2 Å². The summed E-state index contributed by atoms with van der Waals surface area (Å²) in [5.74, 6) is 1.71. The lowest BCUT2D eigenvalue weighted by Gasteiger charge is -2.04. The van der Waals surface area contributed by atoms with E-state index in [9.17, 15) is 4.79 Å². The fourth-order valence-corrected chi connectivity index (χ4v) is 2.14. The highest BCUT2D eigenvalue weighted by atomic mass is 16.7. The Morgan fingerprint density at radius 2 is 2.00 bits per heavy atom. The van der Waals surface area contributed by atoms with E-state index in [-0.39, 0.29) is 12.7 Å². The van der Waals surface area contributed by atoms with Crippen LogP contribution in [0.15, 0.2) is 47.6 Å². The van der Waals surface area contributed by atoms with Crippen LogP contribution in [0.1, 0.15) is 29.3 Å². The fraction of sp³-hybridized carbons (Fsp3) is 0.222. The van der Waals surface area contributed by atoms with Crippen molar-refractivity contribution in [1.29, 1.82) is 0 Å². The summed E-state index contributed by atoms with van der Waals surface area (Å²) in [7, 11) is 0. The van der Waals surface area contributed by atoms with Crippen LogP contribution in [0, 0.1) is 0 Å². The molecule has 0 aromatic heterocycles. The maximum atomic E-state index is 12.1. The normalized spacial score (nSPS) is 12.4. The average molecular weight is 326 g/mol. The highest BCUT2D eigenvalue weighted by Crippen LogP contribution is 2.32. The third-order valence-corrected chi connectivity index (χ3v) is 3.37. The monoisotopic (exact) mass is 326 g/mol. The van der Waals surface area contributed by atoms with E-state index in [2.05, 4.69) is 17.5 Å². The number of nitrogens with zero attached hydrogens (tertiary/aromatic N) is 1. The van der Waals surface area contributed by atoms with Crippen LogP contribution in [0.25, 0.3) is 0 Å². The van der Waals surface area contributed by atoms with Gasteiger partial charge in [0.1, 0.15) is 5.75 Å². The number of hydrogen-bond acceptors (Lipinski definition) is 5. The summed E-state index contributed by atoms with van der Waals surface area (Å²) in [5, 5.41) is 3.97. The Morgan fingerprint density at radius 3 is 2.79 bits per heavy atom. The minimum Gasteiger partial charge on any atom is -0.494 e. The van der Waals surface area contributed by atoms with E-state index < -0.39 is 0 Å². The van der Waals surface area contributed by atoms with E-state index in [1.54, 1.807) is 24.4 Å². The minimum absolute atomic E-state index is 0.177. The molecule has 3 rings (SSSR count). The molecule has 0 aliphatic carbocycles. The molecule has 2 aromatic rings. The number of amides is 1. The maximum absolute atomic E-state index is 12.1. The molecule has 6 nitrogen and oxygen atoms in total. The molecule has 1 aliphatic heterocycles. The summed E-state index contributed by atoms with van der Waals surface area (Å²) in [6, 6.07) is 12.5. The first-order valence-corrected chi connectivity index (χ1v) is 7.72. The van der Waals surface area contributed by atoms with Crippen LogP contribution in [-0.2, 0) is 0 Å². The first kappa shape index (κ1) is 15.9. The van der Waals surface area contributed by atoms with E-state index in [0.717, 1.165) is 17.7 Å². The van der Waals surface area contributed by atoms with E-state index >= 15 is 0 Å². The predicted molar refractivity (Wildman–Crippen MR) is 89.9 cm³/mol. The molecular weight excluding hydrogens is 308 g/mol. The van der Waals surface area contributed by atoms with E-state index in [1.807, 2.05) is 24.3 Å². The Balaban J connectivity index is 1.56. The van der Waals surface area contributed by atoms with Crippen LogP contribution in [0.4, 0.5) is 0 Å². The van der Waals surface area contributed by atoms with Gasteiger partial charge in [0, 0.05) is 5.56 Å². The molecule has 1 amide bonds. The Hall–Kier alpha value is -3.02. The second kappa shape index (κ2) is 7.50. The Labute approximate surface area is 140 Å². The summed E-state index contributed by atoms with van der Waals surface area (Å²) in [5.41, 5.74) is 3.81. The molecule has 1 N–H and O–H groups in total. The number of rotatable bonds is 6. The molecule has 0 fully saturated rings. The lowest BCUT2D eigenvalue weighted by molar-refractivity contribution is 0.0954. The molecule has 2 aromatic carbocycles. The van der Waals surface area contributed by atoms with Gasteiger partial charge in [-0.1, -0.05) is 6.92 Å². The molecule has 124 valence electrons. The Morgan fingerprint density at radius 1 is 1.21 bits per heavy atom. The van der Waals surface area contributed by atoms with Gasteiger partial charge in [-0.05, 0) is 54.4 Å². The molecule has 24 heavy (non-hydrogen) atoms. The molecule has 1 aliphatic rings. The van der Waals surface area contributed by atoms with Crippen LogP contribution in [0.5, 0.6) is 17.2 Å². The molecule has 0 saturated carbocycles. The molecule has 0 spiro atoms. The number of hydrogen-bond donors (Lipinski definition) is 1. The van der Waals surface area contributed by atoms with Gasteiger partial charge in [0.05, 0.1) is 12.8 Å². The summed E-state index contributed by atoms with van der Waals surface area (Å²) >= 11 is 0. The standard InChI is InChI=1S/C18H18N2O4/c1-2-9-22-15-6-3-13(4-7-15)11-19-20-18(21)14-5-8-16-17(10-14)24-12-23-16/h3-8,10-11H,2,9,12H2,1H3,(H,20,21).